The summed E-state index contributed by atoms with van der Waals surface area (Å²) in [7, 11) is 0. The van der Waals surface area contributed by atoms with Crippen LogP contribution in [0.2, 0.25) is 0 Å². The van der Waals surface area contributed by atoms with E-state index in [1.165, 1.54) is 0 Å². The molecule has 3 atom stereocenters. The highest BCUT2D eigenvalue weighted by atomic mass is 35.5. The van der Waals surface area contributed by atoms with Gasteiger partial charge >= 0.3 is 0 Å². The summed E-state index contributed by atoms with van der Waals surface area (Å²) in [5.74, 6) is 5.35. The van der Waals surface area contributed by atoms with E-state index >= 15 is 0 Å². The van der Waals surface area contributed by atoms with Crippen LogP contribution in [0, 0.1) is 17.8 Å². The largest absolute Gasteiger partial charge is 0.378 e. The Hall–Kier alpha value is 1.00. The average Bonchev–Trinajstić information content (AvgIpc) is 2.50. The average molecular weight is 397 g/mol. The Kier molecular flexibility index (Phi) is 4.34. The third kappa shape index (κ3) is 2.19. The topological polar surface area (TPSA) is 20.2 Å². The molecule has 0 unspecified atom stereocenters. The first-order chi connectivity index (χ1) is 8.88. The summed E-state index contributed by atoms with van der Waals surface area (Å²) in [5, 5.41) is 9.98. The first-order valence-electron chi connectivity index (χ1n) is 5.92. The van der Waals surface area contributed by atoms with Crippen LogP contribution in [0.1, 0.15) is 26.7 Å². The number of allylic oxidation sites excluding steroid dienone is 2. The van der Waals surface area contributed by atoms with E-state index in [1.807, 2.05) is 0 Å². The molecule has 0 saturated heterocycles. The Morgan fingerprint density at radius 3 is 2.15 bits per heavy atom. The van der Waals surface area contributed by atoms with Crippen LogP contribution < -0.4 is 0 Å². The normalized spacial score (nSPS) is 39.0. The number of fused-ring (bicyclic) bond motifs is 2. The van der Waals surface area contributed by atoms with Gasteiger partial charge in [0.25, 0.3) is 0 Å². The highest BCUT2D eigenvalue weighted by Gasteiger charge is 2.78. The number of hydrogen-bond acceptors (Lipinski definition) is 1. The predicted molar refractivity (Wildman–Crippen MR) is 87.1 cm³/mol. The zero-order chi connectivity index (χ0) is 15.6. The van der Waals surface area contributed by atoms with Gasteiger partial charge in [0.15, 0.2) is 4.33 Å². The van der Waals surface area contributed by atoms with E-state index in [0.29, 0.717) is 12.8 Å². The molecule has 0 aliphatic heterocycles. The minimum atomic E-state index is -1.50. The molecule has 0 heterocycles. The molecule has 0 radical (unpaired) electrons. The van der Waals surface area contributed by atoms with Crippen LogP contribution in [-0.2, 0) is 0 Å². The smallest absolute Gasteiger partial charge is 0.166 e. The van der Waals surface area contributed by atoms with E-state index in [0.717, 1.165) is 0 Å². The summed E-state index contributed by atoms with van der Waals surface area (Å²) < 4.78 is -1.50. The van der Waals surface area contributed by atoms with Crippen molar-refractivity contribution in [2.24, 2.45) is 5.92 Å². The molecule has 2 aliphatic rings. The van der Waals surface area contributed by atoms with Gasteiger partial charge in [-0.1, -0.05) is 58.2 Å². The number of alkyl halides is 4. The molecule has 0 aromatic heterocycles. The zero-order valence-electron chi connectivity index (χ0n) is 10.7. The third-order valence-corrected chi connectivity index (χ3v) is 7.97. The predicted octanol–water partition coefficient (Wildman–Crippen LogP) is 5.00. The molecule has 20 heavy (non-hydrogen) atoms. The van der Waals surface area contributed by atoms with Crippen LogP contribution in [0.3, 0.4) is 0 Å². The number of halogens is 6. The van der Waals surface area contributed by atoms with Crippen molar-refractivity contribution in [1.82, 2.24) is 0 Å². The minimum absolute atomic E-state index is 0.183. The lowest BCUT2D eigenvalue weighted by molar-refractivity contribution is 0.143. The molecule has 1 nitrogen and oxygen atoms in total. The molecule has 2 rings (SSSR count). The lowest BCUT2D eigenvalue weighted by Crippen LogP contribution is -2.44. The van der Waals surface area contributed by atoms with Crippen molar-refractivity contribution in [1.29, 1.82) is 0 Å². The second-order valence-electron chi connectivity index (χ2n) is 5.68. The minimum Gasteiger partial charge on any atom is -0.378 e. The van der Waals surface area contributed by atoms with Crippen molar-refractivity contribution in [2.75, 3.05) is 0 Å². The van der Waals surface area contributed by atoms with E-state index < -0.39 is 19.7 Å². The molecule has 0 amide bonds. The molecule has 1 fully saturated rings. The molecule has 7 heteroatoms. The molecule has 2 bridgehead atoms. The standard InChI is InChI=1S/C13H12Cl6O/c1-10(2,20)5-3-4-7-6-11(16)8(14)9(15)12(7,17)13(11,18)19/h7,20H,4,6H2,1-2H3/t7-,11-,12-/m0/s1. The molecule has 0 spiro atoms. The molecule has 0 aromatic rings. The van der Waals surface area contributed by atoms with Crippen molar-refractivity contribution in [2.45, 2.75) is 46.4 Å². The lowest BCUT2D eigenvalue weighted by atomic mass is 9.89. The second-order valence-corrected chi connectivity index (χ2v) is 9.01. The zero-order valence-corrected chi connectivity index (χ0v) is 15.2. The van der Waals surface area contributed by atoms with Crippen LogP contribution in [0.15, 0.2) is 10.1 Å². The fraction of sp³-hybridized carbons (Fsp3) is 0.692. The SMILES string of the molecule is CC(C)(O)C#CC[C@H]1C[C@]2(Cl)C(Cl)=C(Cl)[C@]1(Cl)C2(Cl)Cl. The maximum Gasteiger partial charge on any atom is 0.166 e. The summed E-state index contributed by atoms with van der Waals surface area (Å²) in [6.45, 7) is 3.19. The maximum absolute atomic E-state index is 9.59. The van der Waals surface area contributed by atoms with Gasteiger partial charge in [-0.3, -0.25) is 0 Å². The summed E-state index contributed by atoms with van der Waals surface area (Å²) in [4.78, 5) is -2.46. The van der Waals surface area contributed by atoms with Gasteiger partial charge in [-0.2, -0.15) is 0 Å². The fourth-order valence-corrected chi connectivity index (χ4v) is 5.48. The van der Waals surface area contributed by atoms with E-state index in [2.05, 4.69) is 11.8 Å². The Morgan fingerprint density at radius 2 is 1.75 bits per heavy atom. The van der Waals surface area contributed by atoms with Crippen LogP contribution in [0.25, 0.3) is 0 Å². The summed E-state index contributed by atoms with van der Waals surface area (Å²) in [6.07, 6.45) is 0.740. The first kappa shape index (κ1) is 17.4. The van der Waals surface area contributed by atoms with Crippen LogP contribution >= 0.6 is 69.6 Å². The summed E-state index contributed by atoms with van der Waals surface area (Å²) in [6, 6.07) is 0. The Morgan fingerprint density at radius 1 is 1.20 bits per heavy atom. The Balaban J connectivity index is 2.35. The maximum atomic E-state index is 9.59. The van der Waals surface area contributed by atoms with E-state index in [1.54, 1.807) is 13.8 Å². The van der Waals surface area contributed by atoms with Crippen molar-refractivity contribution < 1.29 is 5.11 Å². The highest BCUT2D eigenvalue weighted by Crippen LogP contribution is 2.74. The van der Waals surface area contributed by atoms with Crippen molar-refractivity contribution in [3.05, 3.63) is 10.1 Å². The van der Waals surface area contributed by atoms with Crippen LogP contribution in [0.5, 0.6) is 0 Å². The molecular formula is C13H12Cl6O. The van der Waals surface area contributed by atoms with Crippen molar-refractivity contribution >= 4 is 69.6 Å². The molecule has 2 aliphatic carbocycles. The van der Waals surface area contributed by atoms with E-state index in [9.17, 15) is 5.11 Å². The monoisotopic (exact) mass is 394 g/mol. The van der Waals surface area contributed by atoms with E-state index in [4.69, 9.17) is 69.6 Å². The molecule has 1 N–H and O–H groups in total. The van der Waals surface area contributed by atoms with Gasteiger partial charge in [-0.25, -0.2) is 0 Å². The second kappa shape index (κ2) is 5.00. The molecule has 112 valence electrons. The van der Waals surface area contributed by atoms with Gasteiger partial charge in [0.05, 0.1) is 10.1 Å². The molecular weight excluding hydrogens is 385 g/mol. The van der Waals surface area contributed by atoms with Crippen LogP contribution in [-0.4, -0.2) is 24.8 Å². The fourth-order valence-electron chi connectivity index (χ4n) is 2.63. The van der Waals surface area contributed by atoms with Gasteiger partial charge < -0.3 is 5.11 Å². The van der Waals surface area contributed by atoms with Gasteiger partial charge in [-0.05, 0) is 26.2 Å². The van der Waals surface area contributed by atoms with Crippen molar-refractivity contribution in [3.63, 3.8) is 0 Å². The molecule has 0 aromatic carbocycles. The molecule has 1 saturated carbocycles. The Labute approximate surface area is 148 Å². The lowest BCUT2D eigenvalue weighted by Gasteiger charge is -2.33. The van der Waals surface area contributed by atoms with E-state index in [-0.39, 0.29) is 16.0 Å². The third-order valence-electron chi connectivity index (χ3n) is 3.65. The van der Waals surface area contributed by atoms with Gasteiger partial charge in [0, 0.05) is 6.42 Å². The Bertz CT molecular complexity index is 537. The first-order valence-corrected chi connectivity index (χ1v) is 8.19. The summed E-state index contributed by atoms with van der Waals surface area (Å²) in [5.41, 5.74) is -1.08. The van der Waals surface area contributed by atoms with Gasteiger partial charge in [0.2, 0.25) is 0 Å². The van der Waals surface area contributed by atoms with Crippen LogP contribution in [0.4, 0.5) is 0 Å². The number of aliphatic hydroxyl groups is 1. The number of rotatable bonds is 1. The van der Waals surface area contributed by atoms with Gasteiger partial charge in [0.1, 0.15) is 15.3 Å². The number of hydrogen-bond donors (Lipinski definition) is 1. The quantitative estimate of drug-likeness (QED) is 0.488. The highest BCUT2D eigenvalue weighted by molar-refractivity contribution is 6.65. The van der Waals surface area contributed by atoms with Crippen molar-refractivity contribution in [3.8, 4) is 11.8 Å². The summed E-state index contributed by atoms with van der Waals surface area (Å²) >= 11 is 38.1. The van der Waals surface area contributed by atoms with Gasteiger partial charge in [-0.15, -0.1) is 23.2 Å².